The number of nitrogens with one attached hydrogen (secondary N) is 1. The van der Waals surface area contributed by atoms with Crippen molar-refractivity contribution in [3.8, 4) is 0 Å². The predicted octanol–water partition coefficient (Wildman–Crippen LogP) is 4.94. The van der Waals surface area contributed by atoms with Crippen molar-refractivity contribution < 1.29 is 9.53 Å². The van der Waals surface area contributed by atoms with Gasteiger partial charge in [0, 0.05) is 5.69 Å². The van der Waals surface area contributed by atoms with Crippen molar-refractivity contribution in [3.63, 3.8) is 0 Å². The van der Waals surface area contributed by atoms with E-state index in [1.807, 2.05) is 30.3 Å². The summed E-state index contributed by atoms with van der Waals surface area (Å²) in [5, 5.41) is 6.90. The molecule has 0 aromatic heterocycles. The monoisotopic (exact) mass is 441 g/mol. The van der Waals surface area contributed by atoms with E-state index in [0.717, 1.165) is 5.69 Å². The molecule has 1 N–H and O–H groups in total. The molecule has 0 bridgehead atoms. The van der Waals surface area contributed by atoms with Crippen LogP contribution in [0.15, 0.2) is 102 Å². The van der Waals surface area contributed by atoms with Crippen LogP contribution in [0.1, 0.15) is 27.7 Å². The van der Waals surface area contributed by atoms with Crippen molar-refractivity contribution >= 4 is 30.0 Å². The molecule has 3 aromatic carbocycles. The molecule has 4 heteroatoms. The van der Waals surface area contributed by atoms with Gasteiger partial charge in [0.2, 0.25) is 0 Å². The number of anilines is 1. The molecule has 0 unspecified atom stereocenters. The number of hydrogen-bond donors (Lipinski definition) is 1. The highest BCUT2D eigenvalue weighted by Gasteiger charge is 2.59. The van der Waals surface area contributed by atoms with E-state index in [9.17, 15) is 4.79 Å². The van der Waals surface area contributed by atoms with E-state index in [2.05, 4.69) is 99.8 Å². The number of hydrogen-bond acceptors (Lipinski definition) is 2. The molecule has 1 aliphatic heterocycles. The lowest BCUT2D eigenvalue weighted by Crippen LogP contribution is -2.67. The predicted molar refractivity (Wildman–Crippen MR) is 135 cm³/mol. The highest BCUT2D eigenvalue weighted by Crippen LogP contribution is 2.46. The zero-order valence-corrected chi connectivity index (χ0v) is 20.2. The minimum Gasteiger partial charge on any atom is -0.355 e. The summed E-state index contributed by atoms with van der Waals surface area (Å²) in [6.07, 6.45) is 1.52. The molecule has 4 rings (SSSR count). The van der Waals surface area contributed by atoms with Gasteiger partial charge < -0.3 is 10.1 Å². The number of epoxide rings is 1. The summed E-state index contributed by atoms with van der Waals surface area (Å²) in [5.74, 6) is -0.0847. The Kier molecular flexibility index (Phi) is 6.18. The Morgan fingerprint density at radius 2 is 1.28 bits per heavy atom. The van der Waals surface area contributed by atoms with Crippen LogP contribution < -0.4 is 15.7 Å². The maximum Gasteiger partial charge on any atom is 0.256 e. The molecule has 0 saturated carbocycles. The van der Waals surface area contributed by atoms with Crippen molar-refractivity contribution in [1.82, 2.24) is 0 Å². The Labute approximate surface area is 192 Å². The molecule has 1 saturated heterocycles. The molecule has 0 radical (unpaired) electrons. The van der Waals surface area contributed by atoms with Crippen LogP contribution in [-0.4, -0.2) is 26.2 Å². The van der Waals surface area contributed by atoms with E-state index in [1.54, 1.807) is 0 Å². The Bertz CT molecular complexity index is 1050. The fraction of sp³-hybridized carbons (Fsp3) is 0.250. The molecule has 2 atom stereocenters. The van der Waals surface area contributed by atoms with Gasteiger partial charge in [0.1, 0.15) is 6.10 Å². The topological polar surface area (TPSA) is 41.6 Å². The first-order valence-electron chi connectivity index (χ1n) is 11.2. The van der Waals surface area contributed by atoms with Crippen molar-refractivity contribution in [2.75, 3.05) is 5.32 Å². The minimum atomic E-state index is -2.50. The van der Waals surface area contributed by atoms with E-state index < -0.39 is 14.2 Å². The standard InChI is InChI=1S/C28H31NO2Si/c1-5-24(25-26(31-25)27(30)29-21-15-9-6-10-16-21)32(28(2,3)4,22-17-11-7-12-18-22)23-19-13-8-14-20-23/h5-20,25-26H,1-4H3,(H,29,30)/b24-5+/t25-,26+/m0/s1. The Morgan fingerprint density at radius 1 is 0.812 bits per heavy atom. The molecule has 3 nitrogen and oxygen atoms in total. The van der Waals surface area contributed by atoms with Crippen LogP contribution in [-0.2, 0) is 9.53 Å². The minimum absolute atomic E-state index is 0.0377. The molecule has 1 aliphatic rings. The number of allylic oxidation sites excluding steroid dienone is 1. The average molecular weight is 442 g/mol. The molecule has 164 valence electrons. The number of carbonyl (C=O) groups excluding carboxylic acids is 1. The number of ether oxygens (including phenoxy) is 1. The third-order valence-electron chi connectivity index (χ3n) is 6.38. The van der Waals surface area contributed by atoms with E-state index in [1.165, 1.54) is 15.6 Å². The van der Waals surface area contributed by atoms with Gasteiger partial charge in [0.05, 0.1) is 0 Å². The molecule has 0 aliphatic carbocycles. The van der Waals surface area contributed by atoms with Crippen LogP contribution in [0.2, 0.25) is 5.04 Å². The Hall–Kier alpha value is -2.95. The van der Waals surface area contributed by atoms with Gasteiger partial charge in [-0.3, -0.25) is 4.79 Å². The second kappa shape index (κ2) is 8.89. The summed E-state index contributed by atoms with van der Waals surface area (Å²) >= 11 is 0. The summed E-state index contributed by atoms with van der Waals surface area (Å²) in [6, 6.07) is 31.1. The number of para-hydroxylation sites is 1. The fourth-order valence-corrected chi connectivity index (χ4v) is 11.1. The van der Waals surface area contributed by atoms with Gasteiger partial charge in [-0.2, -0.15) is 0 Å². The number of rotatable bonds is 6. The lowest BCUT2D eigenvalue weighted by Gasteiger charge is -2.45. The van der Waals surface area contributed by atoms with Crippen LogP contribution in [0.3, 0.4) is 0 Å². The summed E-state index contributed by atoms with van der Waals surface area (Å²) in [5.41, 5.74) is 0.791. The summed E-state index contributed by atoms with van der Waals surface area (Å²) in [7, 11) is -2.50. The van der Waals surface area contributed by atoms with Gasteiger partial charge in [-0.1, -0.05) is 106 Å². The van der Waals surface area contributed by atoms with Gasteiger partial charge >= 0.3 is 0 Å². The van der Waals surface area contributed by atoms with Gasteiger partial charge in [0.25, 0.3) is 5.91 Å². The van der Waals surface area contributed by atoms with E-state index >= 15 is 0 Å². The lowest BCUT2D eigenvalue weighted by molar-refractivity contribution is -0.117. The molecule has 1 heterocycles. The van der Waals surface area contributed by atoms with Gasteiger partial charge in [0.15, 0.2) is 14.2 Å². The third kappa shape index (κ3) is 3.96. The molecule has 32 heavy (non-hydrogen) atoms. The maximum atomic E-state index is 13.0. The zero-order valence-electron chi connectivity index (χ0n) is 19.2. The number of amides is 1. The average Bonchev–Trinajstić information content (AvgIpc) is 3.59. The van der Waals surface area contributed by atoms with Crippen molar-refractivity contribution in [3.05, 3.63) is 102 Å². The number of benzene rings is 3. The van der Waals surface area contributed by atoms with Crippen molar-refractivity contribution in [1.29, 1.82) is 0 Å². The molecular weight excluding hydrogens is 410 g/mol. The molecule has 3 aromatic rings. The van der Waals surface area contributed by atoms with Gasteiger partial charge in [-0.15, -0.1) is 0 Å². The van der Waals surface area contributed by atoms with Crippen molar-refractivity contribution in [2.24, 2.45) is 0 Å². The lowest BCUT2D eigenvalue weighted by atomic mass is 10.2. The molecule has 0 spiro atoms. The normalized spacial score (nSPS) is 18.8. The second-order valence-corrected chi connectivity index (χ2v) is 14.0. The second-order valence-electron chi connectivity index (χ2n) is 9.31. The zero-order chi connectivity index (χ0) is 22.8. The van der Waals surface area contributed by atoms with E-state index in [4.69, 9.17) is 4.74 Å². The van der Waals surface area contributed by atoms with Crippen LogP contribution in [0.5, 0.6) is 0 Å². The highest BCUT2D eigenvalue weighted by atomic mass is 28.3. The quantitative estimate of drug-likeness (QED) is 0.435. The maximum absolute atomic E-state index is 13.0. The molecular formula is C28H31NO2Si. The van der Waals surface area contributed by atoms with Gasteiger partial charge in [-0.25, -0.2) is 0 Å². The molecule has 1 fully saturated rings. The van der Waals surface area contributed by atoms with E-state index in [-0.39, 0.29) is 17.0 Å². The summed E-state index contributed by atoms with van der Waals surface area (Å²) in [4.78, 5) is 13.0. The van der Waals surface area contributed by atoms with Gasteiger partial charge in [-0.05, 0) is 39.7 Å². The van der Waals surface area contributed by atoms with Crippen LogP contribution in [0.25, 0.3) is 0 Å². The summed E-state index contributed by atoms with van der Waals surface area (Å²) < 4.78 is 6.10. The third-order valence-corrected chi connectivity index (χ3v) is 12.5. The number of carbonyl (C=O) groups is 1. The highest BCUT2D eigenvalue weighted by molar-refractivity contribution is 7.09. The Morgan fingerprint density at radius 3 is 1.72 bits per heavy atom. The van der Waals surface area contributed by atoms with E-state index in [0.29, 0.717) is 0 Å². The largest absolute Gasteiger partial charge is 0.355 e. The fourth-order valence-electron chi connectivity index (χ4n) is 5.05. The Balaban J connectivity index is 1.77. The van der Waals surface area contributed by atoms with Crippen LogP contribution >= 0.6 is 0 Å². The van der Waals surface area contributed by atoms with Crippen molar-refractivity contribution in [2.45, 2.75) is 44.9 Å². The first-order valence-corrected chi connectivity index (χ1v) is 13.2. The molecule has 1 amide bonds. The van der Waals surface area contributed by atoms with Crippen LogP contribution in [0, 0.1) is 0 Å². The SMILES string of the molecule is C/C=C(\[C@@H]1O[C@H]1C(=O)Nc1ccccc1)[Si](c1ccccc1)(c1ccccc1)C(C)(C)C. The first-order chi connectivity index (χ1) is 15.4. The smallest absolute Gasteiger partial charge is 0.256 e. The summed E-state index contributed by atoms with van der Waals surface area (Å²) in [6.45, 7) is 9.06. The first kappa shape index (κ1) is 22.2. The van der Waals surface area contributed by atoms with Crippen LogP contribution in [0.4, 0.5) is 5.69 Å².